The zero-order chi connectivity index (χ0) is 21.5. The van der Waals surface area contributed by atoms with E-state index in [1.165, 1.54) is 12.1 Å². The van der Waals surface area contributed by atoms with Gasteiger partial charge in [0.15, 0.2) is 0 Å². The molecule has 0 spiro atoms. The summed E-state index contributed by atoms with van der Waals surface area (Å²) in [7, 11) is 0. The lowest BCUT2D eigenvalue weighted by atomic mass is 9.97. The topological polar surface area (TPSA) is 70.7 Å². The number of nitrogens with one attached hydrogen (secondary N) is 2. The van der Waals surface area contributed by atoms with Crippen LogP contribution >= 0.6 is 0 Å². The largest absolute Gasteiger partial charge is 0.434 e. The molecule has 8 heteroatoms. The van der Waals surface area contributed by atoms with Gasteiger partial charge in [0.25, 0.3) is 5.91 Å². The molecule has 2 aromatic rings. The van der Waals surface area contributed by atoms with E-state index in [9.17, 15) is 18.4 Å². The van der Waals surface area contributed by atoms with Crippen molar-refractivity contribution in [3.63, 3.8) is 0 Å². The quantitative estimate of drug-likeness (QED) is 0.737. The minimum Gasteiger partial charge on any atom is -0.434 e. The molecule has 6 nitrogen and oxygen atoms in total. The highest BCUT2D eigenvalue weighted by Crippen LogP contribution is 2.25. The maximum atomic E-state index is 12.9. The Bertz CT molecular complexity index is 874. The number of piperidine rings is 1. The van der Waals surface area contributed by atoms with Crippen molar-refractivity contribution in [2.45, 2.75) is 26.4 Å². The molecule has 1 unspecified atom stereocenters. The van der Waals surface area contributed by atoms with Gasteiger partial charge in [-0.2, -0.15) is 8.78 Å². The Labute approximate surface area is 174 Å². The number of aryl methyl sites for hydroxylation is 1. The Balaban J connectivity index is 1.54. The Morgan fingerprint density at radius 3 is 2.63 bits per heavy atom. The maximum Gasteiger partial charge on any atom is 0.387 e. The molecule has 1 atom stereocenters. The fourth-order valence-corrected chi connectivity index (χ4v) is 3.48. The number of hydrogen-bond donors (Lipinski definition) is 2. The summed E-state index contributed by atoms with van der Waals surface area (Å²) in [6.45, 7) is 0.360. The van der Waals surface area contributed by atoms with Gasteiger partial charge in [-0.15, -0.1) is 0 Å². The van der Waals surface area contributed by atoms with Crippen LogP contribution in [0.1, 0.15) is 28.8 Å². The van der Waals surface area contributed by atoms with Gasteiger partial charge >= 0.3 is 12.6 Å². The first-order chi connectivity index (χ1) is 14.4. The van der Waals surface area contributed by atoms with Crippen molar-refractivity contribution in [3.8, 4) is 5.75 Å². The Morgan fingerprint density at radius 1 is 1.17 bits per heavy atom. The predicted molar refractivity (Wildman–Crippen MR) is 110 cm³/mol. The van der Waals surface area contributed by atoms with E-state index >= 15 is 0 Å². The Morgan fingerprint density at radius 2 is 1.90 bits per heavy atom. The van der Waals surface area contributed by atoms with E-state index in [2.05, 4.69) is 15.4 Å². The van der Waals surface area contributed by atoms with Crippen LogP contribution < -0.4 is 15.4 Å². The van der Waals surface area contributed by atoms with Gasteiger partial charge in [0, 0.05) is 25.3 Å². The number of ether oxygens (including phenoxy) is 1. The molecule has 1 aliphatic heterocycles. The number of nitrogens with zero attached hydrogens (tertiary/aromatic N) is 1. The van der Waals surface area contributed by atoms with Crippen LogP contribution in [0.2, 0.25) is 0 Å². The van der Waals surface area contributed by atoms with Crippen LogP contribution in [0.25, 0.3) is 0 Å². The first-order valence-electron chi connectivity index (χ1n) is 9.87. The van der Waals surface area contributed by atoms with E-state index in [4.69, 9.17) is 0 Å². The summed E-state index contributed by atoms with van der Waals surface area (Å²) in [4.78, 5) is 26.6. The summed E-state index contributed by atoms with van der Waals surface area (Å²) in [6.07, 6.45) is 1.64. The fraction of sp³-hybridized carbons (Fsp3) is 0.364. The molecule has 0 aromatic heterocycles. The van der Waals surface area contributed by atoms with Crippen molar-refractivity contribution in [1.82, 2.24) is 10.2 Å². The van der Waals surface area contributed by atoms with Crippen LogP contribution in [0.5, 0.6) is 5.75 Å². The molecule has 2 aromatic carbocycles. The van der Waals surface area contributed by atoms with Crippen molar-refractivity contribution < 1.29 is 23.1 Å². The molecular formula is C22H25F2N3O3. The zero-order valence-electron chi connectivity index (χ0n) is 16.7. The monoisotopic (exact) mass is 417 g/mol. The minimum absolute atomic E-state index is 0.0784. The number of benzene rings is 2. The molecule has 1 heterocycles. The van der Waals surface area contributed by atoms with Crippen LogP contribution in [0.15, 0.2) is 48.5 Å². The van der Waals surface area contributed by atoms with Gasteiger partial charge < -0.3 is 20.3 Å². The van der Waals surface area contributed by atoms with E-state index < -0.39 is 6.61 Å². The lowest BCUT2D eigenvalue weighted by molar-refractivity contribution is -0.0503. The zero-order valence-corrected chi connectivity index (χ0v) is 16.7. The molecule has 0 radical (unpaired) electrons. The molecular weight excluding hydrogens is 392 g/mol. The summed E-state index contributed by atoms with van der Waals surface area (Å²) < 4.78 is 29.7. The maximum absolute atomic E-state index is 12.9. The second-order valence-electron chi connectivity index (χ2n) is 7.34. The van der Waals surface area contributed by atoms with Crippen LogP contribution in [-0.2, 0) is 0 Å². The van der Waals surface area contributed by atoms with E-state index in [-0.39, 0.29) is 29.2 Å². The number of para-hydroxylation sites is 1. The number of likely N-dealkylation sites (tertiary alicyclic amines) is 1. The lowest BCUT2D eigenvalue weighted by Gasteiger charge is -2.33. The van der Waals surface area contributed by atoms with E-state index in [0.29, 0.717) is 25.3 Å². The molecule has 3 rings (SSSR count). The van der Waals surface area contributed by atoms with Crippen molar-refractivity contribution in [2.24, 2.45) is 5.92 Å². The molecule has 0 saturated carbocycles. The molecule has 0 aliphatic carbocycles. The molecule has 1 saturated heterocycles. The SMILES string of the molecule is Cc1ccc(NC(=O)NCC2CCCN(C(=O)c3ccccc3OC(F)F)C2)cc1. The van der Waals surface area contributed by atoms with Crippen LogP contribution in [-0.4, -0.2) is 43.1 Å². The average Bonchev–Trinajstić information content (AvgIpc) is 2.74. The number of amides is 3. The second-order valence-corrected chi connectivity index (χ2v) is 7.34. The van der Waals surface area contributed by atoms with Crippen LogP contribution in [0, 0.1) is 12.8 Å². The normalized spacial score (nSPS) is 16.3. The summed E-state index contributed by atoms with van der Waals surface area (Å²) in [5.74, 6) is -0.398. The molecule has 0 bridgehead atoms. The van der Waals surface area contributed by atoms with Crippen LogP contribution in [0.4, 0.5) is 19.3 Å². The minimum atomic E-state index is -3.00. The van der Waals surface area contributed by atoms with E-state index in [1.807, 2.05) is 31.2 Å². The van der Waals surface area contributed by atoms with Gasteiger partial charge in [0.05, 0.1) is 5.56 Å². The number of alkyl halides is 2. The van der Waals surface area contributed by atoms with Gasteiger partial charge in [0.1, 0.15) is 5.75 Å². The van der Waals surface area contributed by atoms with Gasteiger partial charge in [-0.25, -0.2) is 4.79 Å². The first-order valence-corrected chi connectivity index (χ1v) is 9.87. The van der Waals surface area contributed by atoms with Crippen LogP contribution in [0.3, 0.4) is 0 Å². The highest BCUT2D eigenvalue weighted by atomic mass is 19.3. The molecule has 2 N–H and O–H groups in total. The molecule has 160 valence electrons. The third kappa shape index (κ3) is 5.92. The molecule has 30 heavy (non-hydrogen) atoms. The van der Waals surface area contributed by atoms with Crippen molar-refractivity contribution >= 4 is 17.6 Å². The summed E-state index contributed by atoms with van der Waals surface area (Å²) >= 11 is 0. The number of anilines is 1. The molecule has 3 amide bonds. The smallest absolute Gasteiger partial charge is 0.387 e. The number of urea groups is 1. The van der Waals surface area contributed by atoms with Gasteiger partial charge in [0.2, 0.25) is 0 Å². The van der Waals surface area contributed by atoms with E-state index in [0.717, 1.165) is 18.4 Å². The number of carbonyl (C=O) groups excluding carboxylic acids is 2. The number of halogens is 2. The van der Waals surface area contributed by atoms with Gasteiger partial charge in [-0.05, 0) is 49.9 Å². The molecule has 1 fully saturated rings. The standard InChI is InChI=1S/C22H25F2N3O3/c1-15-8-10-17(11-9-15)26-22(29)25-13-16-5-4-12-27(14-16)20(28)18-6-2-3-7-19(18)30-21(23)24/h2-3,6-11,16,21H,4-5,12-14H2,1H3,(H2,25,26,29). The Kier molecular flexibility index (Phi) is 7.21. The number of rotatable bonds is 6. The van der Waals surface area contributed by atoms with Gasteiger partial charge in [-0.3, -0.25) is 4.79 Å². The summed E-state index contributed by atoms with van der Waals surface area (Å²) in [5.41, 5.74) is 1.92. The Hall–Kier alpha value is -3.16. The summed E-state index contributed by atoms with van der Waals surface area (Å²) in [6, 6.07) is 13.2. The van der Waals surface area contributed by atoms with E-state index in [1.54, 1.807) is 17.0 Å². The second kappa shape index (κ2) is 10.0. The average molecular weight is 417 g/mol. The highest BCUT2D eigenvalue weighted by molar-refractivity contribution is 5.97. The third-order valence-corrected chi connectivity index (χ3v) is 5.00. The third-order valence-electron chi connectivity index (χ3n) is 5.00. The number of carbonyl (C=O) groups is 2. The van der Waals surface area contributed by atoms with Crippen molar-refractivity contribution in [3.05, 3.63) is 59.7 Å². The van der Waals surface area contributed by atoms with Gasteiger partial charge in [-0.1, -0.05) is 29.8 Å². The summed E-state index contributed by atoms with van der Waals surface area (Å²) in [5, 5.41) is 5.62. The first kappa shape index (κ1) is 21.5. The molecule has 1 aliphatic rings. The fourth-order valence-electron chi connectivity index (χ4n) is 3.48. The van der Waals surface area contributed by atoms with Crippen molar-refractivity contribution in [2.75, 3.05) is 25.0 Å². The predicted octanol–water partition coefficient (Wildman–Crippen LogP) is 4.27. The highest BCUT2D eigenvalue weighted by Gasteiger charge is 2.27. The number of hydrogen-bond acceptors (Lipinski definition) is 3. The van der Waals surface area contributed by atoms with Crippen molar-refractivity contribution in [1.29, 1.82) is 0 Å². The lowest BCUT2D eigenvalue weighted by Crippen LogP contribution is -2.44.